The van der Waals surface area contributed by atoms with Crippen molar-refractivity contribution in [3.8, 4) is 0 Å². The molecule has 1 aromatic rings. The van der Waals surface area contributed by atoms with Gasteiger partial charge in [-0.1, -0.05) is 6.92 Å². The standard InChI is InChI=1S/C19H27N3O2.ClH/c1-14-8-11-22(12-9-14)19(24)15-4-6-17(7-5-15)21-18(23)16-3-2-10-20-13-16;/h4-7,14,16,20H,2-3,8-13H2,1H3,(H,21,23);1H. The molecule has 1 aromatic carbocycles. The molecule has 2 aliphatic heterocycles. The van der Waals surface area contributed by atoms with Gasteiger partial charge in [-0.05, 0) is 62.4 Å². The molecular formula is C19H28ClN3O2. The molecule has 2 heterocycles. The Kier molecular flexibility index (Phi) is 7.26. The zero-order chi connectivity index (χ0) is 16.9. The lowest BCUT2D eigenvalue weighted by molar-refractivity contribution is -0.120. The Bertz CT molecular complexity index is 577. The first-order chi connectivity index (χ1) is 11.6. The Morgan fingerprint density at radius 2 is 1.80 bits per heavy atom. The van der Waals surface area contributed by atoms with Gasteiger partial charge in [0, 0.05) is 30.9 Å². The Morgan fingerprint density at radius 3 is 2.40 bits per heavy atom. The second-order valence-electron chi connectivity index (χ2n) is 7.08. The highest BCUT2D eigenvalue weighted by molar-refractivity contribution is 5.96. The predicted octanol–water partition coefficient (Wildman–Crippen LogP) is 2.92. The van der Waals surface area contributed by atoms with Crippen LogP contribution >= 0.6 is 12.4 Å². The first kappa shape index (κ1) is 19.7. The van der Waals surface area contributed by atoms with Crippen molar-refractivity contribution in [1.82, 2.24) is 10.2 Å². The number of carbonyl (C=O) groups is 2. The molecular weight excluding hydrogens is 338 g/mol. The quantitative estimate of drug-likeness (QED) is 0.865. The van der Waals surface area contributed by atoms with Gasteiger partial charge in [0.1, 0.15) is 0 Å². The van der Waals surface area contributed by atoms with Gasteiger partial charge < -0.3 is 15.5 Å². The molecule has 0 spiro atoms. The van der Waals surface area contributed by atoms with Crippen molar-refractivity contribution >= 4 is 29.9 Å². The fourth-order valence-corrected chi connectivity index (χ4v) is 3.41. The van der Waals surface area contributed by atoms with Crippen LogP contribution < -0.4 is 10.6 Å². The van der Waals surface area contributed by atoms with E-state index >= 15 is 0 Å². The maximum Gasteiger partial charge on any atom is 0.253 e. The van der Waals surface area contributed by atoms with E-state index in [0.29, 0.717) is 11.5 Å². The normalized spacial score (nSPS) is 21.3. The van der Waals surface area contributed by atoms with Crippen LogP contribution in [0.5, 0.6) is 0 Å². The second kappa shape index (κ2) is 9.20. The Labute approximate surface area is 155 Å². The zero-order valence-electron chi connectivity index (χ0n) is 14.8. The van der Waals surface area contributed by atoms with E-state index in [9.17, 15) is 9.59 Å². The average Bonchev–Trinajstić information content (AvgIpc) is 2.63. The first-order valence-corrected chi connectivity index (χ1v) is 9.04. The number of halogens is 1. The molecule has 1 unspecified atom stereocenters. The first-order valence-electron chi connectivity index (χ1n) is 9.04. The van der Waals surface area contributed by atoms with Crippen LogP contribution in [0.15, 0.2) is 24.3 Å². The summed E-state index contributed by atoms with van der Waals surface area (Å²) < 4.78 is 0. The van der Waals surface area contributed by atoms with Crippen LogP contribution in [0.2, 0.25) is 0 Å². The lowest BCUT2D eigenvalue weighted by atomic mass is 9.98. The molecule has 3 rings (SSSR count). The van der Waals surface area contributed by atoms with E-state index in [1.54, 1.807) is 0 Å². The van der Waals surface area contributed by atoms with E-state index in [1.807, 2.05) is 29.2 Å². The molecule has 2 fully saturated rings. The van der Waals surface area contributed by atoms with Crippen LogP contribution in [0.25, 0.3) is 0 Å². The fraction of sp³-hybridized carbons (Fsp3) is 0.579. The summed E-state index contributed by atoms with van der Waals surface area (Å²) in [6.45, 7) is 5.66. The summed E-state index contributed by atoms with van der Waals surface area (Å²) in [7, 11) is 0. The van der Waals surface area contributed by atoms with E-state index in [-0.39, 0.29) is 30.1 Å². The maximum absolute atomic E-state index is 12.5. The number of rotatable bonds is 3. The maximum atomic E-state index is 12.5. The zero-order valence-corrected chi connectivity index (χ0v) is 15.6. The molecule has 2 amide bonds. The van der Waals surface area contributed by atoms with Gasteiger partial charge in [-0.15, -0.1) is 12.4 Å². The number of carbonyl (C=O) groups excluding carboxylic acids is 2. The van der Waals surface area contributed by atoms with E-state index in [2.05, 4.69) is 17.6 Å². The largest absolute Gasteiger partial charge is 0.339 e. The van der Waals surface area contributed by atoms with E-state index in [0.717, 1.165) is 57.5 Å². The third kappa shape index (κ3) is 5.19. The Morgan fingerprint density at radius 1 is 1.12 bits per heavy atom. The number of hydrogen-bond acceptors (Lipinski definition) is 3. The van der Waals surface area contributed by atoms with Gasteiger partial charge in [0.15, 0.2) is 0 Å². The van der Waals surface area contributed by atoms with Gasteiger partial charge in [0.2, 0.25) is 5.91 Å². The van der Waals surface area contributed by atoms with Gasteiger partial charge in [-0.2, -0.15) is 0 Å². The number of anilines is 1. The highest BCUT2D eigenvalue weighted by Crippen LogP contribution is 2.20. The van der Waals surface area contributed by atoms with E-state index in [1.165, 1.54) is 0 Å². The van der Waals surface area contributed by atoms with Crippen LogP contribution in [0, 0.1) is 11.8 Å². The third-order valence-corrected chi connectivity index (χ3v) is 5.14. The smallest absolute Gasteiger partial charge is 0.253 e. The van der Waals surface area contributed by atoms with Crippen LogP contribution in [-0.4, -0.2) is 42.9 Å². The minimum atomic E-state index is 0. The summed E-state index contributed by atoms with van der Waals surface area (Å²) in [6, 6.07) is 7.28. The van der Waals surface area contributed by atoms with Crippen LogP contribution in [0.4, 0.5) is 5.69 Å². The monoisotopic (exact) mass is 365 g/mol. The van der Waals surface area contributed by atoms with E-state index in [4.69, 9.17) is 0 Å². The fourth-order valence-electron chi connectivity index (χ4n) is 3.41. The number of benzene rings is 1. The molecule has 5 nitrogen and oxygen atoms in total. The molecule has 6 heteroatoms. The number of amides is 2. The van der Waals surface area contributed by atoms with Gasteiger partial charge in [0.25, 0.3) is 5.91 Å². The topological polar surface area (TPSA) is 61.4 Å². The molecule has 0 aromatic heterocycles. The predicted molar refractivity (Wildman–Crippen MR) is 102 cm³/mol. The molecule has 0 radical (unpaired) electrons. The minimum absolute atomic E-state index is 0. The lowest BCUT2D eigenvalue weighted by Gasteiger charge is -2.30. The van der Waals surface area contributed by atoms with Gasteiger partial charge >= 0.3 is 0 Å². The molecule has 2 N–H and O–H groups in total. The van der Waals surface area contributed by atoms with Crippen molar-refractivity contribution in [1.29, 1.82) is 0 Å². The van der Waals surface area contributed by atoms with Gasteiger partial charge in [-0.3, -0.25) is 9.59 Å². The molecule has 138 valence electrons. The molecule has 0 bridgehead atoms. The Balaban J connectivity index is 0.00000225. The molecule has 2 aliphatic rings. The summed E-state index contributed by atoms with van der Waals surface area (Å²) in [4.78, 5) is 26.7. The van der Waals surface area contributed by atoms with Crippen molar-refractivity contribution < 1.29 is 9.59 Å². The van der Waals surface area contributed by atoms with Crippen molar-refractivity contribution in [3.05, 3.63) is 29.8 Å². The van der Waals surface area contributed by atoms with Gasteiger partial charge in [-0.25, -0.2) is 0 Å². The molecule has 1 atom stereocenters. The number of likely N-dealkylation sites (tertiary alicyclic amines) is 1. The number of piperidine rings is 2. The number of nitrogens with zero attached hydrogens (tertiary/aromatic N) is 1. The molecule has 2 saturated heterocycles. The highest BCUT2D eigenvalue weighted by Gasteiger charge is 2.22. The highest BCUT2D eigenvalue weighted by atomic mass is 35.5. The van der Waals surface area contributed by atoms with Crippen LogP contribution in [-0.2, 0) is 4.79 Å². The summed E-state index contributed by atoms with van der Waals surface area (Å²) >= 11 is 0. The van der Waals surface area contributed by atoms with E-state index < -0.39 is 0 Å². The summed E-state index contributed by atoms with van der Waals surface area (Å²) in [5.74, 6) is 0.902. The van der Waals surface area contributed by atoms with Crippen molar-refractivity contribution in [2.45, 2.75) is 32.6 Å². The van der Waals surface area contributed by atoms with Crippen molar-refractivity contribution in [2.24, 2.45) is 11.8 Å². The van der Waals surface area contributed by atoms with Crippen LogP contribution in [0.1, 0.15) is 43.0 Å². The number of nitrogens with one attached hydrogen (secondary N) is 2. The minimum Gasteiger partial charge on any atom is -0.339 e. The molecule has 0 aliphatic carbocycles. The molecule has 25 heavy (non-hydrogen) atoms. The summed E-state index contributed by atoms with van der Waals surface area (Å²) in [5, 5.41) is 6.21. The molecule has 0 saturated carbocycles. The average molecular weight is 366 g/mol. The van der Waals surface area contributed by atoms with Crippen molar-refractivity contribution in [2.75, 3.05) is 31.5 Å². The lowest BCUT2D eigenvalue weighted by Crippen LogP contribution is -2.38. The number of hydrogen-bond donors (Lipinski definition) is 2. The SMILES string of the molecule is CC1CCN(C(=O)c2ccc(NC(=O)C3CCCNC3)cc2)CC1.Cl. The van der Waals surface area contributed by atoms with Crippen LogP contribution in [0.3, 0.4) is 0 Å². The Hall–Kier alpha value is -1.59. The second-order valence-corrected chi connectivity index (χ2v) is 7.08. The summed E-state index contributed by atoms with van der Waals surface area (Å²) in [6.07, 6.45) is 4.13. The third-order valence-electron chi connectivity index (χ3n) is 5.14. The van der Waals surface area contributed by atoms with Gasteiger partial charge in [0.05, 0.1) is 5.92 Å². The summed E-state index contributed by atoms with van der Waals surface area (Å²) in [5.41, 5.74) is 1.45. The van der Waals surface area contributed by atoms with Crippen molar-refractivity contribution in [3.63, 3.8) is 0 Å².